The lowest BCUT2D eigenvalue weighted by Gasteiger charge is -2.25. The lowest BCUT2D eigenvalue weighted by atomic mass is 10.2. The molecule has 1 aromatic rings. The van der Waals surface area contributed by atoms with E-state index in [4.69, 9.17) is 16.7 Å². The van der Waals surface area contributed by atoms with Gasteiger partial charge in [0.1, 0.15) is 0 Å². The Hall–Kier alpha value is -1.82. The second kappa shape index (κ2) is 7.69. The maximum atomic E-state index is 10.7. The molecule has 0 amide bonds. The molecule has 0 saturated carbocycles. The van der Waals surface area contributed by atoms with Gasteiger partial charge in [-0.25, -0.2) is 0 Å². The number of benzene rings is 1. The molecule has 1 rings (SSSR count). The van der Waals surface area contributed by atoms with Crippen LogP contribution in [-0.2, 0) is 4.79 Å². The van der Waals surface area contributed by atoms with E-state index in [0.29, 0.717) is 18.8 Å². The standard InChI is InChI=1S/C13H17ClN2O4/c1-2-3-7-15(8-6-13(17)18)12-5-4-10(16(19)20)9-11(12)14/h4-5,9H,2-3,6-8H2,1H3,(H,17,18). The van der Waals surface area contributed by atoms with Gasteiger partial charge < -0.3 is 10.0 Å². The first-order valence-corrected chi connectivity index (χ1v) is 6.74. The molecule has 20 heavy (non-hydrogen) atoms. The van der Waals surface area contributed by atoms with E-state index >= 15 is 0 Å². The number of halogens is 1. The topological polar surface area (TPSA) is 83.7 Å². The van der Waals surface area contributed by atoms with Crippen LogP contribution in [0.2, 0.25) is 5.02 Å². The maximum Gasteiger partial charge on any atom is 0.305 e. The van der Waals surface area contributed by atoms with Crippen LogP contribution in [0.3, 0.4) is 0 Å². The highest BCUT2D eigenvalue weighted by atomic mass is 35.5. The first-order valence-electron chi connectivity index (χ1n) is 6.36. The number of anilines is 1. The van der Waals surface area contributed by atoms with Gasteiger partial charge in [0.15, 0.2) is 0 Å². The zero-order valence-electron chi connectivity index (χ0n) is 11.2. The van der Waals surface area contributed by atoms with Crippen LogP contribution in [0, 0.1) is 10.1 Å². The average molecular weight is 301 g/mol. The third-order valence-corrected chi connectivity index (χ3v) is 3.16. The van der Waals surface area contributed by atoms with Gasteiger partial charge >= 0.3 is 5.97 Å². The van der Waals surface area contributed by atoms with E-state index in [0.717, 1.165) is 12.8 Å². The molecule has 7 heteroatoms. The smallest absolute Gasteiger partial charge is 0.305 e. The lowest BCUT2D eigenvalue weighted by molar-refractivity contribution is -0.384. The molecule has 0 bridgehead atoms. The first-order chi connectivity index (χ1) is 9.45. The Balaban J connectivity index is 2.93. The average Bonchev–Trinajstić information content (AvgIpc) is 2.39. The van der Waals surface area contributed by atoms with E-state index in [9.17, 15) is 14.9 Å². The van der Waals surface area contributed by atoms with Crippen LogP contribution in [0.1, 0.15) is 26.2 Å². The number of nitro groups is 1. The Morgan fingerprint density at radius 1 is 1.45 bits per heavy atom. The van der Waals surface area contributed by atoms with Crippen molar-refractivity contribution in [3.8, 4) is 0 Å². The number of rotatable bonds is 8. The number of carboxylic acid groups (broad SMARTS) is 1. The molecule has 0 spiro atoms. The van der Waals surface area contributed by atoms with Crippen LogP contribution in [0.25, 0.3) is 0 Å². The molecule has 1 aromatic carbocycles. The van der Waals surface area contributed by atoms with E-state index in [-0.39, 0.29) is 17.1 Å². The fourth-order valence-corrected chi connectivity index (χ4v) is 2.09. The molecule has 110 valence electrons. The van der Waals surface area contributed by atoms with Gasteiger partial charge in [-0.3, -0.25) is 14.9 Å². The number of nitrogens with zero attached hydrogens (tertiary/aromatic N) is 2. The van der Waals surface area contributed by atoms with Crippen molar-refractivity contribution in [2.75, 3.05) is 18.0 Å². The second-order valence-corrected chi connectivity index (χ2v) is 4.78. The molecule has 0 atom stereocenters. The zero-order chi connectivity index (χ0) is 15.1. The molecule has 6 nitrogen and oxygen atoms in total. The zero-order valence-corrected chi connectivity index (χ0v) is 12.0. The summed E-state index contributed by atoms with van der Waals surface area (Å²) in [6.07, 6.45) is 1.86. The quantitative estimate of drug-likeness (QED) is 0.588. The largest absolute Gasteiger partial charge is 0.481 e. The maximum absolute atomic E-state index is 10.7. The predicted molar refractivity (Wildman–Crippen MR) is 77.5 cm³/mol. The lowest BCUT2D eigenvalue weighted by Crippen LogP contribution is -2.27. The van der Waals surface area contributed by atoms with Gasteiger partial charge in [-0.1, -0.05) is 24.9 Å². The number of carbonyl (C=O) groups is 1. The van der Waals surface area contributed by atoms with Crippen molar-refractivity contribution in [1.29, 1.82) is 0 Å². The van der Waals surface area contributed by atoms with Gasteiger partial charge in [0.25, 0.3) is 5.69 Å². The Morgan fingerprint density at radius 3 is 2.65 bits per heavy atom. The van der Waals surface area contributed by atoms with Crippen LogP contribution in [0.5, 0.6) is 0 Å². The third-order valence-electron chi connectivity index (χ3n) is 2.86. The van der Waals surface area contributed by atoms with Gasteiger partial charge in [-0.2, -0.15) is 0 Å². The number of aliphatic carboxylic acids is 1. The molecule has 0 heterocycles. The molecule has 0 aromatic heterocycles. The van der Waals surface area contributed by atoms with Gasteiger partial charge in [0.2, 0.25) is 0 Å². The van der Waals surface area contributed by atoms with Gasteiger partial charge in [0.05, 0.1) is 22.1 Å². The molecule has 0 unspecified atom stereocenters. The van der Waals surface area contributed by atoms with Crippen molar-refractivity contribution >= 4 is 28.9 Å². The fraction of sp³-hybridized carbons (Fsp3) is 0.462. The summed E-state index contributed by atoms with van der Waals surface area (Å²) in [7, 11) is 0. The highest BCUT2D eigenvalue weighted by Gasteiger charge is 2.15. The monoisotopic (exact) mass is 300 g/mol. The second-order valence-electron chi connectivity index (χ2n) is 4.38. The van der Waals surface area contributed by atoms with Gasteiger partial charge in [0, 0.05) is 25.2 Å². The van der Waals surface area contributed by atoms with E-state index in [1.165, 1.54) is 12.1 Å². The van der Waals surface area contributed by atoms with E-state index in [1.54, 1.807) is 6.07 Å². The molecule has 0 aliphatic heterocycles. The van der Waals surface area contributed by atoms with Crippen LogP contribution in [0.4, 0.5) is 11.4 Å². The first kappa shape index (κ1) is 16.2. The Kier molecular flexibility index (Phi) is 6.24. The number of non-ortho nitro benzene ring substituents is 1. The van der Waals surface area contributed by atoms with Crippen molar-refractivity contribution in [2.24, 2.45) is 0 Å². The number of hydrogen-bond acceptors (Lipinski definition) is 4. The summed E-state index contributed by atoms with van der Waals surface area (Å²) >= 11 is 6.07. The van der Waals surface area contributed by atoms with Crippen LogP contribution in [-0.4, -0.2) is 29.1 Å². The highest BCUT2D eigenvalue weighted by Crippen LogP contribution is 2.30. The fourth-order valence-electron chi connectivity index (χ4n) is 1.80. The van der Waals surface area contributed by atoms with Crippen molar-refractivity contribution in [2.45, 2.75) is 26.2 Å². The minimum Gasteiger partial charge on any atom is -0.481 e. The van der Waals surface area contributed by atoms with E-state index in [1.807, 2.05) is 11.8 Å². The van der Waals surface area contributed by atoms with Crippen molar-refractivity contribution in [1.82, 2.24) is 0 Å². The number of nitro benzene ring substituents is 1. The van der Waals surface area contributed by atoms with Crippen molar-refractivity contribution < 1.29 is 14.8 Å². The summed E-state index contributed by atoms with van der Waals surface area (Å²) < 4.78 is 0. The van der Waals surface area contributed by atoms with Crippen molar-refractivity contribution in [3.05, 3.63) is 33.3 Å². The third kappa shape index (κ3) is 4.70. The summed E-state index contributed by atoms with van der Waals surface area (Å²) in [5.41, 5.74) is 0.555. The number of hydrogen-bond donors (Lipinski definition) is 1. The molecular weight excluding hydrogens is 284 g/mol. The normalized spacial score (nSPS) is 10.3. The molecule has 0 aliphatic rings. The highest BCUT2D eigenvalue weighted by molar-refractivity contribution is 6.33. The van der Waals surface area contributed by atoms with Gasteiger partial charge in [-0.05, 0) is 12.5 Å². The van der Waals surface area contributed by atoms with E-state index in [2.05, 4.69) is 0 Å². The summed E-state index contributed by atoms with van der Waals surface area (Å²) in [6.45, 7) is 3.03. The van der Waals surface area contributed by atoms with E-state index < -0.39 is 10.9 Å². The minimum absolute atomic E-state index is 0.00295. The summed E-state index contributed by atoms with van der Waals surface area (Å²) in [5.74, 6) is -0.885. The number of unbranched alkanes of at least 4 members (excludes halogenated alkanes) is 1. The SMILES string of the molecule is CCCCN(CCC(=O)O)c1ccc([N+](=O)[O-])cc1Cl. The van der Waals surface area contributed by atoms with Gasteiger partial charge in [-0.15, -0.1) is 0 Å². The molecule has 0 aliphatic carbocycles. The van der Waals surface area contributed by atoms with Crippen LogP contribution < -0.4 is 4.90 Å². The summed E-state index contributed by atoms with van der Waals surface area (Å²) in [5, 5.41) is 19.7. The number of carboxylic acids is 1. The minimum atomic E-state index is -0.885. The Morgan fingerprint density at radius 2 is 2.15 bits per heavy atom. The predicted octanol–water partition coefficient (Wildman–Crippen LogP) is 3.33. The molecule has 0 fully saturated rings. The Bertz CT molecular complexity index is 493. The summed E-state index contributed by atoms with van der Waals surface area (Å²) in [4.78, 5) is 22.7. The van der Waals surface area contributed by atoms with Crippen LogP contribution >= 0.6 is 11.6 Å². The Labute approximate surface area is 122 Å². The molecule has 0 radical (unpaired) electrons. The molecule has 1 N–H and O–H groups in total. The summed E-state index contributed by atoms with van der Waals surface area (Å²) in [6, 6.07) is 4.23. The van der Waals surface area contributed by atoms with Crippen molar-refractivity contribution in [3.63, 3.8) is 0 Å². The molecular formula is C13H17ClN2O4. The molecule has 0 saturated heterocycles. The van der Waals surface area contributed by atoms with Crippen LogP contribution in [0.15, 0.2) is 18.2 Å².